The van der Waals surface area contributed by atoms with Crippen molar-refractivity contribution in [2.75, 3.05) is 32.2 Å². The molecule has 31 heavy (non-hydrogen) atoms. The lowest BCUT2D eigenvalue weighted by Gasteiger charge is -2.37. The van der Waals surface area contributed by atoms with Crippen LogP contribution in [0.1, 0.15) is 22.3 Å². The van der Waals surface area contributed by atoms with E-state index in [-0.39, 0.29) is 0 Å². The number of fused-ring (bicyclic) bond motifs is 1. The van der Waals surface area contributed by atoms with Gasteiger partial charge in [0.1, 0.15) is 5.60 Å². The molecule has 0 saturated heterocycles. The second kappa shape index (κ2) is 11.0. The van der Waals surface area contributed by atoms with Crippen molar-refractivity contribution in [2.24, 2.45) is 0 Å². The molecule has 0 saturated carbocycles. The highest BCUT2D eigenvalue weighted by molar-refractivity contribution is 14.1. The van der Waals surface area contributed by atoms with Gasteiger partial charge in [-0.2, -0.15) is 0 Å². The molecule has 1 aliphatic rings. The van der Waals surface area contributed by atoms with Gasteiger partial charge in [0.25, 0.3) is 0 Å². The van der Waals surface area contributed by atoms with Gasteiger partial charge in [0, 0.05) is 19.6 Å². The predicted molar refractivity (Wildman–Crippen MR) is 134 cm³/mol. The number of ether oxygens (including phenoxy) is 2. The first-order valence-electron chi connectivity index (χ1n) is 10.3. The van der Waals surface area contributed by atoms with Crippen LogP contribution in [0.5, 0.6) is 11.5 Å². The lowest BCUT2D eigenvalue weighted by molar-refractivity contribution is 0.0309. The summed E-state index contributed by atoms with van der Waals surface area (Å²) in [5.41, 5.74) is 3.24. The summed E-state index contributed by atoms with van der Waals surface area (Å²) in [5, 5.41) is 11.9. The molecule has 1 heterocycles. The summed E-state index contributed by atoms with van der Waals surface area (Å²) in [5.74, 6) is 1.51. The van der Waals surface area contributed by atoms with Crippen molar-refractivity contribution >= 4 is 22.6 Å². The van der Waals surface area contributed by atoms with Crippen molar-refractivity contribution in [2.45, 2.75) is 18.6 Å². The fourth-order valence-electron chi connectivity index (χ4n) is 4.18. The molecule has 0 unspecified atom stereocenters. The second-order valence-corrected chi connectivity index (χ2v) is 7.53. The third kappa shape index (κ3) is 5.22. The number of β-amino-alcohol motifs (C(OH)–C–C–N with tert-alkyl or cyclic N) is 1. The van der Waals surface area contributed by atoms with E-state index in [0.717, 1.165) is 42.1 Å². The van der Waals surface area contributed by atoms with Gasteiger partial charge in [-0.3, -0.25) is 4.90 Å². The SMILES string of the molecule is CI.COc1cc2c(cc1OC)CN(CC(O)(c1ccccc1)c1ccccc1)CC2. The smallest absolute Gasteiger partial charge is 0.161 e. The average molecular weight is 531 g/mol. The number of hydrogen-bond donors (Lipinski definition) is 1. The van der Waals surface area contributed by atoms with E-state index >= 15 is 0 Å². The van der Waals surface area contributed by atoms with Gasteiger partial charge < -0.3 is 14.6 Å². The molecule has 0 aromatic heterocycles. The van der Waals surface area contributed by atoms with Crippen molar-refractivity contribution in [3.05, 3.63) is 95.1 Å². The Kier molecular flexibility index (Phi) is 8.35. The van der Waals surface area contributed by atoms with Crippen LogP contribution in [-0.2, 0) is 18.6 Å². The highest BCUT2D eigenvalue weighted by atomic mass is 127. The Morgan fingerprint density at radius 3 is 1.81 bits per heavy atom. The van der Waals surface area contributed by atoms with Crippen LogP contribution in [0.2, 0.25) is 0 Å². The molecule has 1 N–H and O–H groups in total. The van der Waals surface area contributed by atoms with Gasteiger partial charge in [0.05, 0.1) is 14.2 Å². The monoisotopic (exact) mass is 531 g/mol. The zero-order chi connectivity index (χ0) is 22.3. The molecule has 0 radical (unpaired) electrons. The molecule has 0 aliphatic carbocycles. The third-order valence-electron chi connectivity index (χ3n) is 5.75. The van der Waals surface area contributed by atoms with E-state index < -0.39 is 5.60 Å². The van der Waals surface area contributed by atoms with Gasteiger partial charge in [-0.25, -0.2) is 0 Å². The molecule has 3 aromatic rings. The summed E-state index contributed by atoms with van der Waals surface area (Å²) in [6.45, 7) is 2.16. The second-order valence-electron chi connectivity index (χ2n) is 7.53. The third-order valence-corrected chi connectivity index (χ3v) is 5.75. The summed E-state index contributed by atoms with van der Waals surface area (Å²) < 4.78 is 10.9. The first-order chi connectivity index (χ1) is 15.1. The Balaban J connectivity index is 0.00000132. The molecule has 4 nitrogen and oxygen atoms in total. The maximum absolute atomic E-state index is 11.9. The Morgan fingerprint density at radius 1 is 0.839 bits per heavy atom. The van der Waals surface area contributed by atoms with E-state index in [9.17, 15) is 5.11 Å². The van der Waals surface area contributed by atoms with Crippen LogP contribution in [0.15, 0.2) is 72.8 Å². The molecule has 5 heteroatoms. The first-order valence-corrected chi connectivity index (χ1v) is 12.5. The normalized spacial score (nSPS) is 13.6. The minimum atomic E-state index is -1.07. The van der Waals surface area contributed by atoms with E-state index in [4.69, 9.17) is 9.47 Å². The van der Waals surface area contributed by atoms with Crippen LogP contribution in [-0.4, -0.2) is 42.2 Å². The van der Waals surface area contributed by atoms with Gasteiger partial charge >= 0.3 is 0 Å². The van der Waals surface area contributed by atoms with Crippen molar-refractivity contribution in [3.8, 4) is 11.5 Å². The number of rotatable bonds is 6. The molecule has 0 bridgehead atoms. The summed E-state index contributed by atoms with van der Waals surface area (Å²) in [4.78, 5) is 4.28. The largest absolute Gasteiger partial charge is 0.493 e. The summed E-state index contributed by atoms with van der Waals surface area (Å²) >= 11 is 2.15. The zero-order valence-corrected chi connectivity index (χ0v) is 20.5. The number of benzene rings is 3. The number of methoxy groups -OCH3 is 2. The van der Waals surface area contributed by atoms with Gasteiger partial charge in [-0.15, -0.1) is 0 Å². The van der Waals surface area contributed by atoms with Crippen LogP contribution < -0.4 is 9.47 Å². The molecule has 1 aliphatic heterocycles. The van der Waals surface area contributed by atoms with Gasteiger partial charge in [-0.05, 0) is 45.7 Å². The Labute approximate surface area is 199 Å². The van der Waals surface area contributed by atoms with E-state index in [1.54, 1.807) is 14.2 Å². The standard InChI is InChI=1S/C25H27NO3.CH3I/c1-28-23-15-19-13-14-26(17-20(19)16-24(23)29-2)18-25(27,21-9-5-3-6-10-21)22-11-7-4-8-12-22;1-2/h3-12,15-16,27H,13-14,17-18H2,1-2H3;1H3. The molecular formula is C26H30INO3. The van der Waals surface area contributed by atoms with Crippen molar-refractivity contribution in [1.82, 2.24) is 4.90 Å². The molecule has 4 rings (SSSR count). The lowest BCUT2D eigenvalue weighted by Crippen LogP contribution is -2.43. The molecule has 0 amide bonds. The van der Waals surface area contributed by atoms with Crippen molar-refractivity contribution in [3.63, 3.8) is 0 Å². The summed E-state index contributed by atoms with van der Waals surface area (Å²) in [7, 11) is 3.33. The number of halogens is 1. The first kappa shape index (κ1) is 23.6. The number of alkyl halides is 1. The number of nitrogens with zero attached hydrogens (tertiary/aromatic N) is 1. The van der Waals surface area contributed by atoms with Crippen molar-refractivity contribution < 1.29 is 14.6 Å². The number of hydrogen-bond acceptors (Lipinski definition) is 4. The minimum absolute atomic E-state index is 0.523. The fraction of sp³-hybridized carbons (Fsp3) is 0.308. The molecular weight excluding hydrogens is 501 g/mol. The fourth-order valence-corrected chi connectivity index (χ4v) is 4.18. The van der Waals surface area contributed by atoms with Gasteiger partial charge in [0.2, 0.25) is 0 Å². The molecule has 0 fully saturated rings. The van der Waals surface area contributed by atoms with Crippen LogP contribution >= 0.6 is 22.6 Å². The van der Waals surface area contributed by atoms with E-state index in [2.05, 4.69) is 39.6 Å². The topological polar surface area (TPSA) is 41.9 Å². The van der Waals surface area contributed by atoms with E-state index in [1.807, 2.05) is 65.6 Å². The van der Waals surface area contributed by atoms with E-state index in [0.29, 0.717) is 6.54 Å². The van der Waals surface area contributed by atoms with Gasteiger partial charge in [-0.1, -0.05) is 83.3 Å². The molecule has 0 spiro atoms. The van der Waals surface area contributed by atoms with Crippen LogP contribution in [0.4, 0.5) is 0 Å². The Bertz CT molecular complexity index is 924. The minimum Gasteiger partial charge on any atom is -0.493 e. The maximum Gasteiger partial charge on any atom is 0.161 e. The highest BCUT2D eigenvalue weighted by Gasteiger charge is 2.34. The van der Waals surface area contributed by atoms with Gasteiger partial charge in [0.15, 0.2) is 11.5 Å². The average Bonchev–Trinajstić information content (AvgIpc) is 2.85. The summed E-state index contributed by atoms with van der Waals surface area (Å²) in [6.07, 6.45) is 0.912. The maximum atomic E-state index is 11.9. The Hall–Kier alpha value is -2.09. The number of aliphatic hydroxyl groups is 1. The molecule has 164 valence electrons. The van der Waals surface area contributed by atoms with Crippen molar-refractivity contribution in [1.29, 1.82) is 0 Å². The summed E-state index contributed by atoms with van der Waals surface area (Å²) in [6, 6.07) is 24.0. The Morgan fingerprint density at radius 2 is 1.32 bits per heavy atom. The zero-order valence-electron chi connectivity index (χ0n) is 18.3. The highest BCUT2D eigenvalue weighted by Crippen LogP contribution is 2.36. The molecule has 3 aromatic carbocycles. The van der Waals surface area contributed by atoms with Crippen LogP contribution in [0.3, 0.4) is 0 Å². The van der Waals surface area contributed by atoms with Crippen LogP contribution in [0.25, 0.3) is 0 Å². The quantitative estimate of drug-likeness (QED) is 0.357. The predicted octanol–water partition coefficient (Wildman–Crippen LogP) is 5.05. The van der Waals surface area contributed by atoms with Crippen LogP contribution in [0, 0.1) is 0 Å². The lowest BCUT2D eigenvalue weighted by atomic mass is 9.85. The van der Waals surface area contributed by atoms with E-state index in [1.165, 1.54) is 11.1 Å². The molecule has 0 atom stereocenters.